The summed E-state index contributed by atoms with van der Waals surface area (Å²) >= 11 is 0. The summed E-state index contributed by atoms with van der Waals surface area (Å²) in [6.07, 6.45) is 4.35. The summed E-state index contributed by atoms with van der Waals surface area (Å²) in [6.45, 7) is 27.4. The Labute approximate surface area is 437 Å². The minimum Gasteiger partial charge on any atom is -0.459 e. The zero-order chi connectivity index (χ0) is 54.2. The van der Waals surface area contributed by atoms with Gasteiger partial charge in [-0.3, -0.25) is 4.79 Å². The van der Waals surface area contributed by atoms with Crippen molar-refractivity contribution in [2.24, 2.45) is 23.7 Å². The molecule has 5 rings (SSSR count). The normalized spacial score (nSPS) is 39.4. The van der Waals surface area contributed by atoms with Gasteiger partial charge in [-0.15, -0.1) is 5.10 Å². The van der Waals surface area contributed by atoms with Crippen molar-refractivity contribution in [2.45, 2.75) is 212 Å². The number of cyclic esters (lactones) is 1. The summed E-state index contributed by atoms with van der Waals surface area (Å²) < 4.78 is 55.3. The van der Waals surface area contributed by atoms with Crippen LogP contribution in [0.1, 0.15) is 133 Å². The van der Waals surface area contributed by atoms with Gasteiger partial charge < -0.3 is 63.8 Å². The highest BCUT2D eigenvalue weighted by Gasteiger charge is 2.53. The van der Waals surface area contributed by atoms with E-state index in [1.54, 1.807) is 18.9 Å². The van der Waals surface area contributed by atoms with Gasteiger partial charge in [0, 0.05) is 109 Å². The number of likely N-dealkylation sites (N-methyl/N-ethyl adjacent to an activating group) is 2. The highest BCUT2D eigenvalue weighted by molar-refractivity contribution is 5.73. The topological polar surface area (TPSA) is 186 Å². The van der Waals surface area contributed by atoms with Crippen LogP contribution in [0.15, 0.2) is 29.6 Å². The van der Waals surface area contributed by atoms with Crippen LogP contribution in [0.4, 0.5) is 4.39 Å². The van der Waals surface area contributed by atoms with Crippen molar-refractivity contribution in [1.29, 1.82) is 0 Å². The lowest BCUT2D eigenvalue weighted by molar-refractivity contribution is -0.271. The number of carbonyl (C=O) groups excluding carboxylic acids is 1. The van der Waals surface area contributed by atoms with Crippen molar-refractivity contribution in [3.05, 3.63) is 35.3 Å². The first-order chi connectivity index (χ1) is 34.3. The molecule has 17 nitrogen and oxygen atoms in total. The van der Waals surface area contributed by atoms with Crippen LogP contribution in [0, 0.1) is 23.7 Å². The molecular formula is C55H98FN7O10. The van der Waals surface area contributed by atoms with E-state index in [4.69, 9.17) is 28.4 Å². The molecule has 4 aliphatic heterocycles. The molecule has 0 radical (unpaired) electrons. The van der Waals surface area contributed by atoms with Gasteiger partial charge >= 0.3 is 5.97 Å². The fourth-order valence-electron chi connectivity index (χ4n) is 12.7. The van der Waals surface area contributed by atoms with Crippen LogP contribution >= 0.6 is 0 Å². The molecule has 1 aromatic heterocycles. The third-order valence-electron chi connectivity index (χ3n) is 17.1. The Hall–Kier alpha value is -2.62. The number of nitrogens with zero attached hydrogens (tertiary/aromatic N) is 6. The van der Waals surface area contributed by atoms with Gasteiger partial charge in [-0.25, -0.2) is 9.07 Å². The van der Waals surface area contributed by atoms with Crippen LogP contribution in [-0.2, 0) is 39.6 Å². The van der Waals surface area contributed by atoms with Gasteiger partial charge in [0.05, 0.1) is 47.2 Å². The van der Waals surface area contributed by atoms with Crippen LogP contribution in [-0.4, -0.2) is 203 Å². The molecule has 73 heavy (non-hydrogen) atoms. The molecular weight excluding hydrogens is 938 g/mol. The maximum Gasteiger partial charge on any atom is 0.309 e. The maximum atomic E-state index is 14.9. The molecule has 4 saturated heterocycles. The summed E-state index contributed by atoms with van der Waals surface area (Å²) in [5.41, 5.74) is -0.936. The number of hydrogen-bond donors (Lipinski definition) is 4. The van der Waals surface area contributed by atoms with Gasteiger partial charge in [0.2, 0.25) is 0 Å². The predicted octanol–water partition coefficient (Wildman–Crippen LogP) is 5.72. The quantitative estimate of drug-likeness (QED) is 0.116. The molecule has 0 aromatic carbocycles. The maximum absolute atomic E-state index is 14.9. The second-order valence-electron chi connectivity index (χ2n) is 23.4. The number of aromatic nitrogens is 3. The predicted molar refractivity (Wildman–Crippen MR) is 280 cm³/mol. The lowest BCUT2D eigenvalue weighted by Gasteiger charge is -2.50. The monoisotopic (exact) mass is 1040 g/mol. The Morgan fingerprint density at radius 2 is 1.70 bits per heavy atom. The summed E-state index contributed by atoms with van der Waals surface area (Å²) in [4.78, 5) is 21.2. The molecule has 0 saturated carbocycles. The molecule has 4 aliphatic rings. The minimum absolute atomic E-state index is 0.0437. The Bertz CT molecular complexity index is 1930. The van der Waals surface area contributed by atoms with E-state index in [1.807, 2.05) is 79.6 Å². The van der Waals surface area contributed by atoms with Gasteiger partial charge in [-0.2, -0.15) is 0 Å². The van der Waals surface area contributed by atoms with Crippen LogP contribution in [0.2, 0.25) is 0 Å². The Morgan fingerprint density at radius 3 is 2.33 bits per heavy atom. The van der Waals surface area contributed by atoms with E-state index in [2.05, 4.69) is 59.3 Å². The molecule has 1 aromatic rings. The average molecular weight is 1040 g/mol. The largest absolute Gasteiger partial charge is 0.459 e. The molecule has 5 heterocycles. The zero-order valence-corrected chi connectivity index (χ0v) is 47.6. The van der Waals surface area contributed by atoms with E-state index in [0.717, 1.165) is 49.6 Å². The molecule has 0 bridgehead atoms. The molecule has 0 amide bonds. The summed E-state index contributed by atoms with van der Waals surface area (Å²) in [7, 11) is 7.28. The smallest absolute Gasteiger partial charge is 0.309 e. The number of alkyl halides is 1. The van der Waals surface area contributed by atoms with E-state index in [1.165, 1.54) is 6.92 Å². The first kappa shape index (κ1) is 61.2. The van der Waals surface area contributed by atoms with Crippen molar-refractivity contribution in [3.63, 3.8) is 0 Å². The van der Waals surface area contributed by atoms with Crippen LogP contribution in [0.3, 0.4) is 0 Å². The number of rotatable bonds is 16. The summed E-state index contributed by atoms with van der Waals surface area (Å²) in [5.74, 6) is -2.42. The second-order valence-corrected chi connectivity index (χ2v) is 23.4. The van der Waals surface area contributed by atoms with Crippen molar-refractivity contribution >= 4 is 5.97 Å². The SMILES string of the molecule is CC[C@H]1OC(=O)[C@H](C)C([C@H]2C[C@@](C)(OC)C[C@H](C)O2)[C@H](C)[C@@H](O[C@H]2C[C@@H](N(C)CCc3cn([C@H](CF)[C@H](OC)/C(C)=C/C=C(\C)N4CCNCC4)nn3)C[C@@H](C)O2)[C@](C)(O)C[C@@H](C)CN(C)[C@H](C)[C@@H](O)[C@]1(C)O. The fraction of sp³-hybridized carbons (Fsp3) is 0.873. The number of aliphatic hydroxyl groups excluding tert-OH is 1. The van der Waals surface area contributed by atoms with Gasteiger partial charge in [0.1, 0.15) is 36.6 Å². The van der Waals surface area contributed by atoms with E-state index in [0.29, 0.717) is 45.2 Å². The number of hydrogen-bond acceptors (Lipinski definition) is 16. The molecule has 420 valence electrons. The third kappa shape index (κ3) is 15.5. The van der Waals surface area contributed by atoms with E-state index < -0.39 is 96.1 Å². The van der Waals surface area contributed by atoms with Crippen molar-refractivity contribution < 1.29 is 52.9 Å². The van der Waals surface area contributed by atoms with Crippen molar-refractivity contribution in [1.82, 2.24) is 35.0 Å². The first-order valence-corrected chi connectivity index (χ1v) is 27.3. The number of methoxy groups -OCH3 is 2. The Kier molecular flexibility index (Phi) is 22.3. The lowest BCUT2D eigenvalue weighted by Crippen LogP contribution is -2.59. The van der Waals surface area contributed by atoms with E-state index in [-0.39, 0.29) is 30.6 Å². The minimum atomic E-state index is -1.76. The molecule has 4 N–H and O–H groups in total. The van der Waals surface area contributed by atoms with E-state index in [9.17, 15) is 24.5 Å². The van der Waals surface area contributed by atoms with Crippen molar-refractivity contribution in [3.8, 4) is 0 Å². The first-order valence-electron chi connectivity index (χ1n) is 27.3. The number of aliphatic hydroxyl groups is 3. The standard InChI is InChI=1S/C55H98FN7O10/c1-17-46-55(12,67)50(64)41(9)61(14)32-34(2)28-54(11,66)51(39(7)48(40(8)52(65)72-46)45-30-53(10,69-16)29-38(6)70-45)73-47-27-43(26-37(5)71-47)60(13)23-20-42-33-63(59-58-42)44(31-56)49(68-15)35(3)18-19-36(4)62-24-21-57-22-25-62/h18-19,33-34,37-41,43-51,57,64,66-67H,17,20-32H2,1-16H3/b35-18+,36-19+/t34-,37-,38+,39+,40-,41-,43+,44-,45-,46-,47+,48?,49-,50-,51-,53+,54-,55-/m1/s1. The highest BCUT2D eigenvalue weighted by Crippen LogP contribution is 2.45. The lowest BCUT2D eigenvalue weighted by atomic mass is 9.69. The van der Waals surface area contributed by atoms with Crippen LogP contribution in [0.25, 0.3) is 0 Å². The molecule has 0 spiro atoms. The number of esters is 1. The number of ether oxygens (including phenoxy) is 6. The summed E-state index contributed by atoms with van der Waals surface area (Å²) in [5, 5.41) is 48.9. The second kappa shape index (κ2) is 26.6. The Balaban J connectivity index is 1.39. The summed E-state index contributed by atoms with van der Waals surface area (Å²) in [6, 6.07) is -1.15. The number of carbonyl (C=O) groups is 1. The molecule has 1 unspecified atom stereocenters. The highest BCUT2D eigenvalue weighted by atomic mass is 19.1. The fourth-order valence-corrected chi connectivity index (χ4v) is 12.7. The number of halogens is 1. The molecule has 0 aliphatic carbocycles. The van der Waals surface area contributed by atoms with Crippen LogP contribution < -0.4 is 5.32 Å². The van der Waals surface area contributed by atoms with Gasteiger partial charge in [0.15, 0.2) is 6.29 Å². The number of piperazine rings is 1. The number of nitrogens with one attached hydrogen (secondary N) is 1. The number of allylic oxidation sites excluding steroid dienone is 3. The van der Waals surface area contributed by atoms with Gasteiger partial charge in [0.25, 0.3) is 0 Å². The van der Waals surface area contributed by atoms with Gasteiger partial charge in [-0.1, -0.05) is 39.0 Å². The van der Waals surface area contributed by atoms with E-state index >= 15 is 0 Å². The Morgan fingerprint density at radius 1 is 1.01 bits per heavy atom. The van der Waals surface area contributed by atoms with Crippen LogP contribution in [0.5, 0.6) is 0 Å². The zero-order valence-electron chi connectivity index (χ0n) is 47.6. The molecule has 18 atom stereocenters. The molecule has 4 fully saturated rings. The third-order valence-corrected chi connectivity index (χ3v) is 17.1. The average Bonchev–Trinajstić information content (AvgIpc) is 3.81. The molecule has 18 heteroatoms. The van der Waals surface area contributed by atoms with Crippen molar-refractivity contribution in [2.75, 3.05) is 74.3 Å². The van der Waals surface area contributed by atoms with Gasteiger partial charge in [-0.05, 0) is 112 Å².